The molecular weight excluding hydrogens is 444 g/mol. The number of nitrogens with zero attached hydrogens (tertiary/aromatic N) is 4. The van der Waals surface area contributed by atoms with Gasteiger partial charge in [-0.1, -0.05) is 0 Å². The van der Waals surface area contributed by atoms with E-state index in [1.807, 2.05) is 10.2 Å². The fourth-order valence-corrected chi connectivity index (χ4v) is 5.18. The third-order valence-corrected chi connectivity index (χ3v) is 7.47. The Morgan fingerprint density at radius 1 is 1.16 bits per heavy atom. The number of primary amides is 1. The number of nitro groups is 1. The Kier molecular flexibility index (Phi) is 7.28. The number of sulfonamides is 1. The average Bonchev–Trinajstić information content (AvgIpc) is 2.78. The molecule has 2 saturated heterocycles. The predicted molar refractivity (Wildman–Crippen MR) is 114 cm³/mol. The molecule has 2 aliphatic rings. The van der Waals surface area contributed by atoms with E-state index in [4.69, 9.17) is 10.5 Å². The molecular formula is C18H26N6O7S. The van der Waals surface area contributed by atoms with E-state index in [2.05, 4.69) is 0 Å². The van der Waals surface area contributed by atoms with Crippen molar-refractivity contribution in [2.24, 2.45) is 5.73 Å². The number of anilines is 1. The zero-order chi connectivity index (χ0) is 23.5. The van der Waals surface area contributed by atoms with E-state index in [0.717, 1.165) is 6.07 Å². The second kappa shape index (κ2) is 9.77. The fraction of sp³-hybridized carbons (Fsp3) is 0.556. The van der Waals surface area contributed by atoms with Gasteiger partial charge in [-0.25, -0.2) is 13.2 Å². The lowest BCUT2D eigenvalue weighted by molar-refractivity contribution is -0.384. The summed E-state index contributed by atoms with van der Waals surface area (Å²) in [6, 6.07) is 2.39. The van der Waals surface area contributed by atoms with Crippen LogP contribution in [0.15, 0.2) is 23.1 Å². The minimum absolute atomic E-state index is 0.134. The number of hydrogen-bond donors (Lipinski definition) is 2. The third kappa shape index (κ3) is 5.15. The summed E-state index contributed by atoms with van der Waals surface area (Å²) >= 11 is 0. The second-order valence-corrected chi connectivity index (χ2v) is 9.41. The molecule has 1 unspecified atom stereocenters. The summed E-state index contributed by atoms with van der Waals surface area (Å²) in [6.07, 6.45) is 0. The fourth-order valence-electron chi connectivity index (χ4n) is 3.76. The molecule has 0 saturated carbocycles. The number of rotatable bonds is 6. The maximum absolute atomic E-state index is 12.9. The van der Waals surface area contributed by atoms with Gasteiger partial charge in [0.2, 0.25) is 15.9 Å². The van der Waals surface area contributed by atoms with Crippen molar-refractivity contribution in [1.82, 2.24) is 14.5 Å². The lowest BCUT2D eigenvalue weighted by Gasteiger charge is -2.38. The van der Waals surface area contributed by atoms with Crippen LogP contribution in [-0.2, 0) is 19.6 Å². The van der Waals surface area contributed by atoms with Gasteiger partial charge < -0.3 is 15.4 Å². The Morgan fingerprint density at radius 2 is 1.78 bits per heavy atom. The topological polar surface area (TPSA) is 168 Å². The molecule has 2 heterocycles. The van der Waals surface area contributed by atoms with Crippen molar-refractivity contribution in [2.45, 2.75) is 17.9 Å². The molecule has 0 radical (unpaired) electrons. The number of nitrogens with two attached hydrogens (primary N) is 1. The van der Waals surface area contributed by atoms with Crippen molar-refractivity contribution >= 4 is 33.3 Å². The van der Waals surface area contributed by atoms with Gasteiger partial charge in [-0.15, -0.1) is 0 Å². The first kappa shape index (κ1) is 23.8. The Hall–Kier alpha value is -2.81. The van der Waals surface area contributed by atoms with Crippen molar-refractivity contribution in [2.75, 3.05) is 57.4 Å². The number of imide groups is 1. The van der Waals surface area contributed by atoms with Gasteiger partial charge in [-0.05, 0) is 19.1 Å². The summed E-state index contributed by atoms with van der Waals surface area (Å²) in [6.45, 7) is 4.18. The smallest absolute Gasteiger partial charge is 0.318 e. The minimum atomic E-state index is -3.87. The van der Waals surface area contributed by atoms with E-state index in [1.165, 1.54) is 16.4 Å². The number of urea groups is 1. The Bertz CT molecular complexity index is 988. The van der Waals surface area contributed by atoms with Crippen molar-refractivity contribution in [3.8, 4) is 0 Å². The Morgan fingerprint density at radius 3 is 2.34 bits per heavy atom. The van der Waals surface area contributed by atoms with E-state index in [0.29, 0.717) is 31.9 Å². The summed E-state index contributed by atoms with van der Waals surface area (Å²) < 4.78 is 32.2. The van der Waals surface area contributed by atoms with Crippen LogP contribution >= 0.6 is 0 Å². The van der Waals surface area contributed by atoms with Crippen LogP contribution in [0, 0.1) is 10.1 Å². The van der Waals surface area contributed by atoms with E-state index < -0.39 is 32.9 Å². The maximum atomic E-state index is 12.9. The quantitative estimate of drug-likeness (QED) is 0.404. The average molecular weight is 471 g/mol. The van der Waals surface area contributed by atoms with E-state index in [1.54, 1.807) is 11.8 Å². The molecule has 1 atom stereocenters. The highest BCUT2D eigenvalue weighted by Gasteiger charge is 2.32. The van der Waals surface area contributed by atoms with Crippen LogP contribution in [0.5, 0.6) is 0 Å². The van der Waals surface area contributed by atoms with Crippen LogP contribution in [0.25, 0.3) is 0 Å². The molecule has 2 fully saturated rings. The SMILES string of the molecule is CC(C(=O)NC(N)=O)N1CCN(c2ccc(S(=O)(=O)N3CCOCC3)cc2[N+](=O)[O-])CC1. The van der Waals surface area contributed by atoms with E-state index >= 15 is 0 Å². The van der Waals surface area contributed by atoms with Crippen molar-refractivity contribution in [3.05, 3.63) is 28.3 Å². The highest BCUT2D eigenvalue weighted by Crippen LogP contribution is 2.32. The van der Waals surface area contributed by atoms with Gasteiger partial charge in [0.25, 0.3) is 5.69 Å². The first-order chi connectivity index (χ1) is 15.1. The number of nitro benzene ring substituents is 1. The van der Waals surface area contributed by atoms with Crippen LogP contribution in [-0.4, -0.2) is 93.0 Å². The van der Waals surface area contributed by atoms with Gasteiger partial charge in [-0.3, -0.25) is 25.1 Å². The van der Waals surface area contributed by atoms with Gasteiger partial charge in [0, 0.05) is 45.3 Å². The molecule has 0 spiro atoms. The molecule has 3 N–H and O–H groups in total. The highest BCUT2D eigenvalue weighted by atomic mass is 32.2. The number of piperazine rings is 1. The third-order valence-electron chi connectivity index (χ3n) is 5.58. The summed E-state index contributed by atoms with van der Waals surface area (Å²) in [7, 11) is -3.87. The molecule has 0 aliphatic carbocycles. The number of nitrogens with one attached hydrogen (secondary N) is 1. The highest BCUT2D eigenvalue weighted by molar-refractivity contribution is 7.89. The number of morpholine rings is 1. The van der Waals surface area contributed by atoms with Gasteiger partial charge in [0.1, 0.15) is 5.69 Å². The van der Waals surface area contributed by atoms with Gasteiger partial charge in [0.15, 0.2) is 0 Å². The lowest BCUT2D eigenvalue weighted by atomic mass is 10.2. The van der Waals surface area contributed by atoms with Crippen LogP contribution in [0.4, 0.5) is 16.2 Å². The maximum Gasteiger partial charge on any atom is 0.318 e. The molecule has 0 aromatic heterocycles. The summed E-state index contributed by atoms with van der Waals surface area (Å²) in [5.74, 6) is -0.519. The molecule has 176 valence electrons. The Balaban J connectivity index is 1.75. The Labute approximate surface area is 185 Å². The molecule has 1 aromatic carbocycles. The summed E-state index contributed by atoms with van der Waals surface area (Å²) in [4.78, 5) is 37.5. The van der Waals surface area contributed by atoms with Gasteiger partial charge in [0.05, 0.1) is 29.1 Å². The zero-order valence-corrected chi connectivity index (χ0v) is 18.4. The molecule has 13 nitrogen and oxygen atoms in total. The first-order valence-corrected chi connectivity index (χ1v) is 11.5. The van der Waals surface area contributed by atoms with Crippen LogP contribution in [0.3, 0.4) is 0 Å². The number of carbonyl (C=O) groups excluding carboxylic acids is 2. The predicted octanol–water partition coefficient (Wildman–Crippen LogP) is -0.679. The van der Waals surface area contributed by atoms with E-state index in [9.17, 15) is 28.1 Å². The first-order valence-electron chi connectivity index (χ1n) is 10.1. The van der Waals surface area contributed by atoms with Crippen LogP contribution in [0.2, 0.25) is 0 Å². The summed E-state index contributed by atoms with van der Waals surface area (Å²) in [5.41, 5.74) is 4.99. The standard InChI is InChI=1S/C18H26N6O7S/c1-13(17(25)20-18(19)26)21-4-6-22(7-5-21)15-3-2-14(12-16(15)24(27)28)32(29,30)23-8-10-31-11-9-23/h2-3,12-13H,4-11H2,1H3,(H3,19,20,25,26). The number of hydrogen-bond acceptors (Lipinski definition) is 9. The largest absolute Gasteiger partial charge is 0.379 e. The van der Waals surface area contributed by atoms with Crippen LogP contribution < -0.4 is 16.0 Å². The lowest BCUT2D eigenvalue weighted by Crippen LogP contribution is -2.55. The molecule has 3 amide bonds. The van der Waals surface area contributed by atoms with Gasteiger partial charge >= 0.3 is 6.03 Å². The molecule has 3 rings (SSSR count). The van der Waals surface area contributed by atoms with Crippen molar-refractivity contribution in [1.29, 1.82) is 0 Å². The number of benzene rings is 1. The molecule has 32 heavy (non-hydrogen) atoms. The monoisotopic (exact) mass is 470 g/mol. The van der Waals surface area contributed by atoms with Crippen LogP contribution in [0.1, 0.15) is 6.92 Å². The minimum Gasteiger partial charge on any atom is -0.379 e. The molecule has 1 aromatic rings. The van der Waals surface area contributed by atoms with Gasteiger partial charge in [-0.2, -0.15) is 4.31 Å². The number of carbonyl (C=O) groups is 2. The zero-order valence-electron chi connectivity index (χ0n) is 17.6. The molecule has 14 heteroatoms. The molecule has 2 aliphatic heterocycles. The normalized spacial score (nSPS) is 19.3. The number of ether oxygens (including phenoxy) is 1. The molecule has 0 bridgehead atoms. The summed E-state index contributed by atoms with van der Waals surface area (Å²) in [5, 5.41) is 13.8. The number of amides is 3. The second-order valence-electron chi connectivity index (χ2n) is 7.48. The van der Waals surface area contributed by atoms with E-state index in [-0.39, 0.29) is 36.9 Å². The van der Waals surface area contributed by atoms with Crippen molar-refractivity contribution in [3.63, 3.8) is 0 Å². The van der Waals surface area contributed by atoms with Crippen molar-refractivity contribution < 1.29 is 27.7 Å².